The fraction of sp³-hybridized carbons (Fsp3) is 0.588. The molecule has 4 heteroatoms. The first-order valence-corrected chi connectivity index (χ1v) is 8.10. The normalized spacial score (nSPS) is 28.6. The van der Waals surface area contributed by atoms with E-state index in [1.165, 1.54) is 19.3 Å². The minimum atomic E-state index is -0.144. The first-order chi connectivity index (χ1) is 10.1. The minimum Gasteiger partial charge on any atom is -0.463 e. The Morgan fingerprint density at radius 2 is 2.10 bits per heavy atom. The van der Waals surface area contributed by atoms with Crippen LogP contribution < -0.4 is 0 Å². The fourth-order valence-corrected chi connectivity index (χ4v) is 3.91. The summed E-state index contributed by atoms with van der Waals surface area (Å²) >= 11 is 5.85. The molecule has 2 fully saturated rings. The molecule has 2 aliphatic rings. The number of fused-ring (bicyclic) bond motifs is 2. The fourth-order valence-electron chi connectivity index (χ4n) is 3.78. The Kier molecular flexibility index (Phi) is 4.23. The molecule has 2 atom stereocenters. The van der Waals surface area contributed by atoms with Crippen LogP contribution in [0.5, 0.6) is 0 Å². The maximum atomic E-state index is 12.0. The van der Waals surface area contributed by atoms with Gasteiger partial charge in [-0.05, 0) is 56.8 Å². The molecule has 0 N–H and O–H groups in total. The van der Waals surface area contributed by atoms with Crippen LogP contribution in [0.4, 0.5) is 0 Å². The molecular formula is C17H22ClNO2. The van der Waals surface area contributed by atoms with Crippen molar-refractivity contribution >= 4 is 17.6 Å². The predicted octanol–water partition coefficient (Wildman–Crippen LogP) is 3.44. The molecule has 2 saturated heterocycles. The smallest absolute Gasteiger partial charge is 0.310 e. The molecule has 2 heterocycles. The van der Waals surface area contributed by atoms with Gasteiger partial charge in [-0.25, -0.2) is 0 Å². The summed E-state index contributed by atoms with van der Waals surface area (Å²) in [6.07, 6.45) is 6.41. The number of carbonyl (C=O) groups is 1. The maximum Gasteiger partial charge on any atom is 0.310 e. The molecular weight excluding hydrogens is 286 g/mol. The van der Waals surface area contributed by atoms with Crippen LogP contribution in [0.3, 0.4) is 0 Å². The van der Waals surface area contributed by atoms with Gasteiger partial charge >= 0.3 is 5.97 Å². The quantitative estimate of drug-likeness (QED) is 0.798. The molecule has 0 unspecified atom stereocenters. The highest BCUT2D eigenvalue weighted by atomic mass is 35.5. The van der Waals surface area contributed by atoms with Gasteiger partial charge in [-0.1, -0.05) is 23.7 Å². The molecule has 2 bridgehead atoms. The number of benzene rings is 1. The molecule has 0 spiro atoms. The summed E-state index contributed by atoms with van der Waals surface area (Å²) in [5.74, 6) is -0.144. The monoisotopic (exact) mass is 307 g/mol. The molecule has 1 aromatic rings. The number of carbonyl (C=O) groups excluding carboxylic acids is 1. The van der Waals surface area contributed by atoms with Gasteiger partial charge in [0, 0.05) is 11.1 Å². The van der Waals surface area contributed by atoms with Crippen molar-refractivity contribution < 1.29 is 9.53 Å². The summed E-state index contributed by atoms with van der Waals surface area (Å²) in [5, 5.41) is 0.687. The predicted molar refractivity (Wildman–Crippen MR) is 83.5 cm³/mol. The molecule has 0 amide bonds. The van der Waals surface area contributed by atoms with Crippen LogP contribution in [-0.4, -0.2) is 36.1 Å². The number of esters is 1. The summed E-state index contributed by atoms with van der Waals surface area (Å²) in [6, 6.07) is 8.05. The average Bonchev–Trinajstić information content (AvgIpc) is 2.66. The number of halogens is 1. The standard InChI is InChI=1S/C17H22ClNO2/c1-19-15-3-2-9-17(19,10-8-15)12-21-16(20)11-13-4-6-14(18)7-5-13/h4-7,15H,2-3,8-12H2,1H3/t15-,17+/m1/s1. The van der Waals surface area contributed by atoms with E-state index in [1.54, 1.807) is 12.1 Å². The van der Waals surface area contributed by atoms with Crippen molar-refractivity contribution in [3.8, 4) is 0 Å². The largest absolute Gasteiger partial charge is 0.463 e. The number of ether oxygens (including phenoxy) is 1. The Bertz CT molecular complexity index is 512. The minimum absolute atomic E-state index is 0.0958. The zero-order chi connectivity index (χ0) is 14.9. The molecule has 2 aliphatic heterocycles. The van der Waals surface area contributed by atoms with Crippen molar-refractivity contribution in [3.05, 3.63) is 34.9 Å². The van der Waals surface area contributed by atoms with Crippen molar-refractivity contribution in [1.82, 2.24) is 4.90 Å². The van der Waals surface area contributed by atoms with Gasteiger partial charge < -0.3 is 4.74 Å². The summed E-state index contributed by atoms with van der Waals surface area (Å²) in [5.41, 5.74) is 1.04. The summed E-state index contributed by atoms with van der Waals surface area (Å²) in [4.78, 5) is 14.5. The summed E-state index contributed by atoms with van der Waals surface area (Å²) in [6.45, 7) is 0.534. The zero-order valence-electron chi connectivity index (χ0n) is 12.5. The first-order valence-electron chi connectivity index (χ1n) is 7.72. The van der Waals surface area contributed by atoms with Crippen molar-refractivity contribution in [3.63, 3.8) is 0 Å². The molecule has 0 radical (unpaired) electrons. The maximum absolute atomic E-state index is 12.0. The van der Waals surface area contributed by atoms with E-state index in [1.807, 2.05) is 12.1 Å². The Balaban J connectivity index is 1.55. The van der Waals surface area contributed by atoms with Crippen LogP contribution in [0.15, 0.2) is 24.3 Å². The van der Waals surface area contributed by atoms with Gasteiger partial charge in [0.25, 0.3) is 0 Å². The molecule has 0 aromatic heterocycles. The highest BCUT2D eigenvalue weighted by molar-refractivity contribution is 6.30. The molecule has 114 valence electrons. The molecule has 3 rings (SSSR count). The van der Waals surface area contributed by atoms with Gasteiger partial charge in [-0.2, -0.15) is 0 Å². The van der Waals surface area contributed by atoms with E-state index < -0.39 is 0 Å². The lowest BCUT2D eigenvalue weighted by atomic mass is 9.89. The second-order valence-corrected chi connectivity index (χ2v) is 6.82. The molecule has 1 aromatic carbocycles. The number of hydrogen-bond donors (Lipinski definition) is 0. The average molecular weight is 308 g/mol. The number of piperidine rings is 1. The highest BCUT2D eigenvalue weighted by Gasteiger charge is 2.47. The molecule has 21 heavy (non-hydrogen) atoms. The van der Waals surface area contributed by atoms with E-state index in [2.05, 4.69) is 11.9 Å². The Hall–Kier alpha value is -1.06. The highest BCUT2D eigenvalue weighted by Crippen LogP contribution is 2.43. The third-order valence-electron chi connectivity index (χ3n) is 5.18. The second kappa shape index (κ2) is 5.98. The van der Waals surface area contributed by atoms with Gasteiger partial charge in [0.1, 0.15) is 6.61 Å². The summed E-state index contributed by atoms with van der Waals surface area (Å²) in [7, 11) is 2.18. The van der Waals surface area contributed by atoms with Crippen LogP contribution in [0.2, 0.25) is 5.02 Å². The van der Waals surface area contributed by atoms with Gasteiger partial charge in [0.15, 0.2) is 0 Å². The van der Waals surface area contributed by atoms with E-state index in [4.69, 9.17) is 16.3 Å². The number of likely N-dealkylation sites (N-methyl/N-ethyl adjacent to an activating group) is 1. The molecule has 0 saturated carbocycles. The molecule has 0 aliphatic carbocycles. The van der Waals surface area contributed by atoms with Crippen molar-refractivity contribution in [2.45, 2.75) is 50.1 Å². The number of rotatable bonds is 4. The van der Waals surface area contributed by atoms with Crippen LogP contribution in [0.1, 0.15) is 37.7 Å². The van der Waals surface area contributed by atoms with Gasteiger partial charge in [-0.3, -0.25) is 9.69 Å². The second-order valence-electron chi connectivity index (χ2n) is 6.38. The Labute approximate surface area is 131 Å². The van der Waals surface area contributed by atoms with E-state index in [0.29, 0.717) is 24.1 Å². The number of nitrogens with zero attached hydrogens (tertiary/aromatic N) is 1. The van der Waals surface area contributed by atoms with Crippen molar-refractivity contribution in [2.75, 3.05) is 13.7 Å². The SMILES string of the molecule is CN1[C@@H]2CCC[C@@]1(COC(=O)Cc1ccc(Cl)cc1)CC2. The topological polar surface area (TPSA) is 29.5 Å². The van der Waals surface area contributed by atoms with Crippen LogP contribution in [0, 0.1) is 0 Å². The first kappa shape index (κ1) is 14.9. The van der Waals surface area contributed by atoms with Gasteiger partial charge in [0.2, 0.25) is 0 Å². The Morgan fingerprint density at radius 1 is 1.33 bits per heavy atom. The lowest BCUT2D eigenvalue weighted by molar-refractivity contribution is -0.147. The third-order valence-corrected chi connectivity index (χ3v) is 5.43. The third kappa shape index (κ3) is 3.09. The van der Waals surface area contributed by atoms with Crippen LogP contribution in [0.25, 0.3) is 0 Å². The van der Waals surface area contributed by atoms with Crippen LogP contribution >= 0.6 is 11.6 Å². The van der Waals surface area contributed by atoms with Crippen molar-refractivity contribution in [2.24, 2.45) is 0 Å². The van der Waals surface area contributed by atoms with Gasteiger partial charge in [-0.15, -0.1) is 0 Å². The van der Waals surface area contributed by atoms with E-state index in [-0.39, 0.29) is 11.5 Å². The molecule has 3 nitrogen and oxygen atoms in total. The van der Waals surface area contributed by atoms with Crippen molar-refractivity contribution in [1.29, 1.82) is 0 Å². The Morgan fingerprint density at radius 3 is 2.86 bits per heavy atom. The van der Waals surface area contributed by atoms with E-state index in [9.17, 15) is 4.79 Å². The van der Waals surface area contributed by atoms with E-state index in [0.717, 1.165) is 18.4 Å². The lowest BCUT2D eigenvalue weighted by Crippen LogP contribution is -2.51. The lowest BCUT2D eigenvalue weighted by Gasteiger charge is -2.42. The van der Waals surface area contributed by atoms with E-state index >= 15 is 0 Å². The van der Waals surface area contributed by atoms with Crippen LogP contribution in [-0.2, 0) is 16.0 Å². The zero-order valence-corrected chi connectivity index (χ0v) is 13.2. The van der Waals surface area contributed by atoms with Gasteiger partial charge in [0.05, 0.1) is 12.0 Å². The number of hydrogen-bond acceptors (Lipinski definition) is 3. The summed E-state index contributed by atoms with van der Waals surface area (Å²) < 4.78 is 5.59.